The fraction of sp³-hybridized carbons (Fsp3) is 0.412. The van der Waals surface area contributed by atoms with Crippen molar-refractivity contribution in [3.63, 3.8) is 0 Å². The second-order valence-electron chi connectivity index (χ2n) is 4.17. The van der Waals surface area contributed by atoms with Crippen molar-refractivity contribution < 1.29 is 9.59 Å². The van der Waals surface area contributed by atoms with E-state index < -0.39 is 0 Å². The molecule has 0 spiro atoms. The Morgan fingerprint density at radius 1 is 1.38 bits per heavy atom. The Labute approximate surface area is 128 Å². The van der Waals surface area contributed by atoms with Crippen molar-refractivity contribution in [1.82, 2.24) is 10.2 Å². The minimum absolute atomic E-state index is 0. The molecule has 0 bridgehead atoms. The van der Waals surface area contributed by atoms with E-state index in [-0.39, 0.29) is 13.3 Å². The van der Waals surface area contributed by atoms with E-state index in [0.717, 1.165) is 5.56 Å². The van der Waals surface area contributed by atoms with Gasteiger partial charge in [0.15, 0.2) is 6.29 Å². The van der Waals surface area contributed by atoms with E-state index in [1.165, 1.54) is 4.90 Å². The van der Waals surface area contributed by atoms with Crippen molar-refractivity contribution in [2.75, 3.05) is 14.1 Å². The van der Waals surface area contributed by atoms with Gasteiger partial charge in [-0.3, -0.25) is 9.59 Å². The van der Waals surface area contributed by atoms with Crippen molar-refractivity contribution in [3.05, 3.63) is 47.2 Å². The van der Waals surface area contributed by atoms with Crippen LogP contribution in [0.2, 0.25) is 0 Å². The lowest BCUT2D eigenvalue weighted by Gasteiger charge is -2.18. The third-order valence-electron chi connectivity index (χ3n) is 2.73. The lowest BCUT2D eigenvalue weighted by atomic mass is 10.0. The van der Waals surface area contributed by atoms with Crippen molar-refractivity contribution in [2.45, 2.75) is 34.7 Å². The number of allylic oxidation sites excluding steroid dienone is 1. The van der Waals surface area contributed by atoms with Crippen LogP contribution in [0.5, 0.6) is 0 Å². The molecule has 1 amide bonds. The van der Waals surface area contributed by atoms with Crippen LogP contribution in [0, 0.1) is 0 Å². The Bertz CT molecular complexity index is 482. The lowest BCUT2D eigenvalue weighted by molar-refractivity contribution is 0.0833. The van der Waals surface area contributed by atoms with Gasteiger partial charge < -0.3 is 10.2 Å². The Balaban J connectivity index is 0. The molecule has 0 aromatic heterocycles. The molecule has 4 heteroatoms. The number of rotatable bonds is 5. The SMILES string of the molecule is C.C=C(C)N(C)C(=O)c1cc(CNC)ccc1C=O.CC. The van der Waals surface area contributed by atoms with Gasteiger partial charge in [0, 0.05) is 24.9 Å². The molecule has 0 heterocycles. The largest absolute Gasteiger partial charge is 0.316 e. The van der Waals surface area contributed by atoms with Gasteiger partial charge in [-0.25, -0.2) is 0 Å². The lowest BCUT2D eigenvalue weighted by Crippen LogP contribution is -2.25. The second-order valence-corrected chi connectivity index (χ2v) is 4.17. The van der Waals surface area contributed by atoms with Gasteiger partial charge in [-0.05, 0) is 25.6 Å². The Morgan fingerprint density at radius 3 is 2.38 bits per heavy atom. The van der Waals surface area contributed by atoms with Gasteiger partial charge in [0.25, 0.3) is 5.91 Å². The summed E-state index contributed by atoms with van der Waals surface area (Å²) in [7, 11) is 3.47. The summed E-state index contributed by atoms with van der Waals surface area (Å²) in [5.41, 5.74) is 2.40. The third-order valence-corrected chi connectivity index (χ3v) is 2.73. The fourth-order valence-electron chi connectivity index (χ4n) is 1.56. The number of carbonyl (C=O) groups excluding carboxylic acids is 2. The minimum atomic E-state index is -0.220. The number of hydrogen-bond donors (Lipinski definition) is 1. The van der Waals surface area contributed by atoms with Crippen LogP contribution in [-0.2, 0) is 6.54 Å². The first-order valence-corrected chi connectivity index (χ1v) is 6.67. The van der Waals surface area contributed by atoms with Crippen LogP contribution in [0.25, 0.3) is 0 Å². The van der Waals surface area contributed by atoms with Crippen LogP contribution in [0.15, 0.2) is 30.5 Å². The maximum Gasteiger partial charge on any atom is 0.258 e. The van der Waals surface area contributed by atoms with Gasteiger partial charge in [-0.2, -0.15) is 0 Å². The van der Waals surface area contributed by atoms with Gasteiger partial charge >= 0.3 is 0 Å². The number of amides is 1. The molecule has 1 N–H and O–H groups in total. The van der Waals surface area contributed by atoms with E-state index in [9.17, 15) is 9.59 Å². The first kappa shape index (κ1) is 21.4. The molecule has 0 atom stereocenters. The second kappa shape index (κ2) is 10.8. The average Bonchev–Trinajstić information content (AvgIpc) is 2.48. The summed E-state index contributed by atoms with van der Waals surface area (Å²) in [4.78, 5) is 24.6. The topological polar surface area (TPSA) is 49.4 Å². The Morgan fingerprint density at radius 2 is 1.95 bits per heavy atom. The normalized spacial score (nSPS) is 8.81. The van der Waals surface area contributed by atoms with Crippen LogP contribution in [-0.4, -0.2) is 31.2 Å². The molecule has 1 aromatic carbocycles. The molecule has 0 saturated heterocycles. The smallest absolute Gasteiger partial charge is 0.258 e. The predicted octanol–water partition coefficient (Wildman–Crippen LogP) is 3.49. The van der Waals surface area contributed by atoms with Crippen molar-refractivity contribution in [1.29, 1.82) is 0 Å². The highest BCUT2D eigenvalue weighted by Gasteiger charge is 2.16. The summed E-state index contributed by atoms with van der Waals surface area (Å²) in [5.74, 6) is -0.220. The molecule has 4 nitrogen and oxygen atoms in total. The van der Waals surface area contributed by atoms with Crippen LogP contribution < -0.4 is 5.32 Å². The molecule has 0 unspecified atom stereocenters. The molecule has 0 saturated carbocycles. The summed E-state index contributed by atoms with van der Waals surface area (Å²) in [6.45, 7) is 10.1. The number of nitrogens with one attached hydrogen (secondary N) is 1. The Kier molecular flexibility index (Phi) is 11.0. The third kappa shape index (κ3) is 5.92. The van der Waals surface area contributed by atoms with E-state index in [4.69, 9.17) is 0 Å². The standard InChI is InChI=1S/C14H18N2O2.C2H6.CH4/c1-10(2)16(4)14(18)13-7-11(8-15-3)5-6-12(13)9-17;1-2;/h5-7,9,15H,1,8H2,2-4H3;1-2H3;1H4. The molecular weight excluding hydrogens is 264 g/mol. The molecule has 0 aliphatic rings. The van der Waals surface area contributed by atoms with Gasteiger partial charge in [0.2, 0.25) is 0 Å². The van der Waals surface area contributed by atoms with Crippen LogP contribution >= 0.6 is 0 Å². The summed E-state index contributed by atoms with van der Waals surface area (Å²) >= 11 is 0. The van der Waals surface area contributed by atoms with Crippen LogP contribution in [0.4, 0.5) is 0 Å². The van der Waals surface area contributed by atoms with E-state index in [1.807, 2.05) is 27.0 Å². The highest BCUT2D eigenvalue weighted by Crippen LogP contribution is 2.14. The van der Waals surface area contributed by atoms with Crippen LogP contribution in [0.3, 0.4) is 0 Å². The molecule has 0 aliphatic carbocycles. The van der Waals surface area contributed by atoms with Gasteiger partial charge in [0.05, 0.1) is 5.56 Å². The summed E-state index contributed by atoms with van der Waals surface area (Å²) in [6, 6.07) is 5.24. The van der Waals surface area contributed by atoms with E-state index in [2.05, 4.69) is 11.9 Å². The molecule has 0 fully saturated rings. The van der Waals surface area contributed by atoms with Gasteiger partial charge in [-0.1, -0.05) is 40.0 Å². The zero-order valence-electron chi connectivity index (χ0n) is 13.0. The maximum absolute atomic E-state index is 12.2. The first-order valence-electron chi connectivity index (χ1n) is 6.67. The van der Waals surface area contributed by atoms with Crippen molar-refractivity contribution in [2.24, 2.45) is 0 Å². The molecule has 0 radical (unpaired) electrons. The zero-order chi connectivity index (χ0) is 15.7. The quantitative estimate of drug-likeness (QED) is 0.845. The molecule has 118 valence electrons. The summed E-state index contributed by atoms with van der Waals surface area (Å²) < 4.78 is 0. The molecular formula is C17H28N2O2. The van der Waals surface area contributed by atoms with E-state index >= 15 is 0 Å². The monoisotopic (exact) mass is 292 g/mol. The molecule has 0 aliphatic heterocycles. The predicted molar refractivity (Wildman–Crippen MR) is 89.6 cm³/mol. The summed E-state index contributed by atoms with van der Waals surface area (Å²) in [6.07, 6.45) is 0.697. The highest BCUT2D eigenvalue weighted by molar-refractivity contribution is 6.02. The average molecular weight is 292 g/mol. The number of aldehydes is 1. The van der Waals surface area contributed by atoms with E-state index in [0.29, 0.717) is 29.7 Å². The summed E-state index contributed by atoms with van der Waals surface area (Å²) in [5, 5.41) is 3.01. The van der Waals surface area contributed by atoms with Gasteiger partial charge in [-0.15, -0.1) is 0 Å². The van der Waals surface area contributed by atoms with E-state index in [1.54, 1.807) is 26.1 Å². The fourth-order valence-corrected chi connectivity index (χ4v) is 1.56. The number of nitrogens with zero attached hydrogens (tertiary/aromatic N) is 1. The molecule has 1 aromatic rings. The Hall–Kier alpha value is -1.94. The minimum Gasteiger partial charge on any atom is -0.316 e. The molecule has 1 rings (SSSR count). The zero-order valence-corrected chi connectivity index (χ0v) is 13.0. The van der Waals surface area contributed by atoms with Crippen molar-refractivity contribution >= 4 is 12.2 Å². The number of carbonyl (C=O) groups is 2. The number of benzene rings is 1. The molecule has 21 heavy (non-hydrogen) atoms. The maximum atomic E-state index is 12.2. The van der Waals surface area contributed by atoms with Crippen molar-refractivity contribution in [3.8, 4) is 0 Å². The van der Waals surface area contributed by atoms with Crippen LogP contribution in [0.1, 0.15) is 54.5 Å². The first-order chi connectivity index (χ1) is 9.51. The number of hydrogen-bond acceptors (Lipinski definition) is 3. The van der Waals surface area contributed by atoms with Gasteiger partial charge in [0.1, 0.15) is 0 Å². The highest BCUT2D eigenvalue weighted by atomic mass is 16.2.